The second-order valence-electron chi connectivity index (χ2n) is 3.81. The molecule has 14 heteroatoms. The van der Waals surface area contributed by atoms with Crippen molar-refractivity contribution >= 4 is 11.9 Å². The van der Waals surface area contributed by atoms with Gasteiger partial charge in [-0.15, -0.1) is 0 Å². The molecule has 0 heterocycles. The van der Waals surface area contributed by atoms with E-state index < -0.39 is 49.4 Å². The van der Waals surface area contributed by atoms with Gasteiger partial charge in [0.1, 0.15) is 13.2 Å². The van der Waals surface area contributed by atoms with Gasteiger partial charge in [0.15, 0.2) is 0 Å². The standard InChI is InChI=1S/C10H6F10O4/c11-7(12,9(15,16)17)5(21)23-3-1-2-4-24-6(22)8(13,14)10(18,19)20/h1-2H,3-4H2/b2-1+. The molecule has 0 atom stereocenters. The fourth-order valence-electron chi connectivity index (χ4n) is 0.796. The fraction of sp³-hybridized carbons (Fsp3) is 0.600. The van der Waals surface area contributed by atoms with Crippen molar-refractivity contribution in [3.05, 3.63) is 12.2 Å². The van der Waals surface area contributed by atoms with E-state index in [9.17, 15) is 53.5 Å². The zero-order valence-electron chi connectivity index (χ0n) is 11.0. The van der Waals surface area contributed by atoms with Crippen molar-refractivity contribution in [2.24, 2.45) is 0 Å². The number of rotatable bonds is 6. The first-order valence-corrected chi connectivity index (χ1v) is 5.43. The van der Waals surface area contributed by atoms with Gasteiger partial charge in [-0.25, -0.2) is 9.59 Å². The van der Waals surface area contributed by atoms with Gasteiger partial charge in [0.05, 0.1) is 0 Å². The molecular formula is C10H6F10O4. The van der Waals surface area contributed by atoms with E-state index in [4.69, 9.17) is 0 Å². The summed E-state index contributed by atoms with van der Waals surface area (Å²) in [7, 11) is 0. The molecule has 0 saturated carbocycles. The third-order valence-electron chi connectivity index (χ3n) is 2.01. The van der Waals surface area contributed by atoms with E-state index >= 15 is 0 Å². The number of carbonyl (C=O) groups is 2. The zero-order valence-corrected chi connectivity index (χ0v) is 11.0. The monoisotopic (exact) mass is 380 g/mol. The maximum absolute atomic E-state index is 12.4. The fourth-order valence-corrected chi connectivity index (χ4v) is 0.796. The summed E-state index contributed by atoms with van der Waals surface area (Å²) in [6, 6.07) is 0. The summed E-state index contributed by atoms with van der Waals surface area (Å²) in [4.78, 5) is 20.9. The molecule has 0 bridgehead atoms. The first kappa shape index (κ1) is 22.0. The summed E-state index contributed by atoms with van der Waals surface area (Å²) < 4.78 is 127. The predicted octanol–water partition coefficient (Wildman–Crippen LogP) is 3.02. The average molecular weight is 380 g/mol. The molecule has 4 nitrogen and oxygen atoms in total. The normalized spacial score (nSPS) is 13.9. The molecule has 0 rings (SSSR count). The summed E-state index contributed by atoms with van der Waals surface area (Å²) in [5, 5.41) is 0. The zero-order chi connectivity index (χ0) is 19.4. The molecule has 140 valence electrons. The van der Waals surface area contributed by atoms with E-state index in [1.807, 2.05) is 0 Å². The van der Waals surface area contributed by atoms with E-state index in [1.165, 1.54) is 0 Å². The van der Waals surface area contributed by atoms with Gasteiger partial charge in [0.2, 0.25) is 0 Å². The molecule has 0 amide bonds. The molecular weight excluding hydrogens is 374 g/mol. The van der Waals surface area contributed by atoms with Crippen molar-refractivity contribution < 1.29 is 63.0 Å². The van der Waals surface area contributed by atoms with E-state index in [2.05, 4.69) is 9.47 Å². The van der Waals surface area contributed by atoms with Crippen LogP contribution < -0.4 is 0 Å². The largest absolute Gasteiger partial charge is 0.465 e. The van der Waals surface area contributed by atoms with E-state index in [1.54, 1.807) is 0 Å². The lowest BCUT2D eigenvalue weighted by atomic mass is 10.3. The molecule has 0 N–H and O–H groups in total. The summed E-state index contributed by atoms with van der Waals surface area (Å²) in [6.45, 7) is -2.42. The van der Waals surface area contributed by atoms with Gasteiger partial charge in [-0.05, 0) is 12.2 Å². The maximum Gasteiger partial charge on any atom is 0.465 e. The Bertz CT molecular complexity index is 447. The minimum Gasteiger partial charge on any atom is -0.457 e. The Morgan fingerprint density at radius 2 is 0.875 bits per heavy atom. The Kier molecular flexibility index (Phi) is 6.64. The molecule has 0 unspecified atom stereocenters. The quantitative estimate of drug-likeness (QED) is 0.404. The number of ether oxygens (including phenoxy) is 2. The molecule has 0 radical (unpaired) electrons. The molecule has 0 aliphatic rings. The third kappa shape index (κ3) is 5.26. The minimum absolute atomic E-state index is 0.476. The van der Waals surface area contributed by atoms with Gasteiger partial charge in [-0.2, -0.15) is 43.9 Å². The van der Waals surface area contributed by atoms with Crippen LogP contribution in [0.2, 0.25) is 0 Å². The van der Waals surface area contributed by atoms with Gasteiger partial charge >= 0.3 is 36.1 Å². The average Bonchev–Trinajstić information content (AvgIpc) is 2.39. The highest BCUT2D eigenvalue weighted by Gasteiger charge is 2.65. The lowest BCUT2D eigenvalue weighted by molar-refractivity contribution is -0.280. The highest BCUT2D eigenvalue weighted by atomic mass is 19.4. The Morgan fingerprint density at radius 1 is 0.625 bits per heavy atom. The molecule has 0 fully saturated rings. The minimum atomic E-state index is -6.20. The molecule has 0 aromatic heterocycles. The van der Waals surface area contributed by atoms with Crippen LogP contribution in [0.15, 0.2) is 12.2 Å². The number of alkyl halides is 10. The van der Waals surface area contributed by atoms with Crippen molar-refractivity contribution in [2.75, 3.05) is 13.2 Å². The Labute approximate surface area is 126 Å². The van der Waals surface area contributed by atoms with Crippen molar-refractivity contribution in [2.45, 2.75) is 24.2 Å². The summed E-state index contributed by atoms with van der Waals surface area (Å²) in [5.41, 5.74) is 0. The van der Waals surface area contributed by atoms with Crippen LogP contribution in [-0.2, 0) is 19.1 Å². The molecule has 0 aliphatic heterocycles. The lowest BCUT2D eigenvalue weighted by Crippen LogP contribution is -2.45. The second-order valence-corrected chi connectivity index (χ2v) is 3.81. The van der Waals surface area contributed by atoms with Crippen LogP contribution in [0.4, 0.5) is 43.9 Å². The molecule has 0 saturated heterocycles. The topological polar surface area (TPSA) is 52.6 Å². The van der Waals surface area contributed by atoms with Crippen LogP contribution in [0, 0.1) is 0 Å². The number of hydrogen-bond acceptors (Lipinski definition) is 4. The maximum atomic E-state index is 12.4. The van der Waals surface area contributed by atoms with Crippen LogP contribution in [0.3, 0.4) is 0 Å². The lowest BCUT2D eigenvalue weighted by Gasteiger charge is -2.17. The molecule has 0 aromatic rings. The first-order chi connectivity index (χ1) is 10.5. The van der Waals surface area contributed by atoms with Gasteiger partial charge in [-0.1, -0.05) is 0 Å². The first-order valence-electron chi connectivity index (χ1n) is 5.43. The van der Waals surface area contributed by atoms with Crippen LogP contribution in [0.5, 0.6) is 0 Å². The smallest absolute Gasteiger partial charge is 0.457 e. The number of esters is 2. The Morgan fingerprint density at radius 3 is 1.08 bits per heavy atom. The Hall–Kier alpha value is -2.02. The van der Waals surface area contributed by atoms with Gasteiger partial charge in [0, 0.05) is 0 Å². The van der Waals surface area contributed by atoms with E-state index in [0.717, 1.165) is 0 Å². The van der Waals surface area contributed by atoms with Gasteiger partial charge in [-0.3, -0.25) is 0 Å². The van der Waals surface area contributed by atoms with E-state index in [-0.39, 0.29) is 0 Å². The summed E-state index contributed by atoms with van der Waals surface area (Å²) >= 11 is 0. The van der Waals surface area contributed by atoms with Crippen LogP contribution in [-0.4, -0.2) is 49.4 Å². The highest BCUT2D eigenvalue weighted by molar-refractivity contribution is 5.79. The van der Waals surface area contributed by atoms with E-state index in [0.29, 0.717) is 12.2 Å². The molecule has 24 heavy (non-hydrogen) atoms. The summed E-state index contributed by atoms with van der Waals surface area (Å²) in [6.07, 6.45) is -11.5. The third-order valence-corrected chi connectivity index (χ3v) is 2.01. The van der Waals surface area contributed by atoms with Crippen molar-refractivity contribution in [1.82, 2.24) is 0 Å². The molecule has 0 aliphatic carbocycles. The predicted molar refractivity (Wildman–Crippen MR) is 53.1 cm³/mol. The van der Waals surface area contributed by atoms with Crippen molar-refractivity contribution in [3.8, 4) is 0 Å². The van der Waals surface area contributed by atoms with Crippen molar-refractivity contribution in [1.29, 1.82) is 0 Å². The van der Waals surface area contributed by atoms with Gasteiger partial charge < -0.3 is 9.47 Å². The van der Waals surface area contributed by atoms with Crippen LogP contribution in [0.25, 0.3) is 0 Å². The Balaban J connectivity index is 4.35. The number of hydrogen-bond donors (Lipinski definition) is 0. The second kappa shape index (κ2) is 7.25. The molecule has 0 spiro atoms. The highest BCUT2D eigenvalue weighted by Crippen LogP contribution is 2.37. The molecule has 0 aromatic carbocycles. The number of carbonyl (C=O) groups excluding carboxylic acids is 2. The van der Waals surface area contributed by atoms with Crippen LogP contribution in [0.1, 0.15) is 0 Å². The SMILES string of the molecule is O=C(OC/C=C/COC(=O)C(F)(F)C(F)(F)F)C(F)(F)C(F)(F)F. The number of halogens is 10. The van der Waals surface area contributed by atoms with Crippen LogP contribution >= 0.6 is 0 Å². The van der Waals surface area contributed by atoms with Gasteiger partial charge in [0.25, 0.3) is 0 Å². The summed E-state index contributed by atoms with van der Waals surface area (Å²) in [5.74, 6) is -17.5. The van der Waals surface area contributed by atoms with Crippen molar-refractivity contribution in [3.63, 3.8) is 0 Å².